The summed E-state index contributed by atoms with van der Waals surface area (Å²) >= 11 is 0. The van der Waals surface area contributed by atoms with E-state index in [-0.39, 0.29) is 17.5 Å². The molecule has 6 nitrogen and oxygen atoms in total. The molecule has 136 valence electrons. The number of benzene rings is 1. The molecule has 1 aliphatic carbocycles. The van der Waals surface area contributed by atoms with Gasteiger partial charge in [0.05, 0.1) is 17.6 Å². The Kier molecular flexibility index (Phi) is 4.20. The van der Waals surface area contributed by atoms with Crippen LogP contribution in [0, 0.1) is 11.6 Å². The second-order valence-electron chi connectivity index (χ2n) is 6.81. The maximum absolute atomic E-state index is 13.5. The molecule has 1 aliphatic rings. The van der Waals surface area contributed by atoms with Gasteiger partial charge in [-0.25, -0.2) is 18.3 Å². The molecule has 0 radical (unpaired) electrons. The highest BCUT2D eigenvalue weighted by atomic mass is 19.1. The lowest BCUT2D eigenvalue weighted by molar-refractivity contribution is 0.391. The van der Waals surface area contributed by atoms with Crippen molar-refractivity contribution in [1.82, 2.24) is 14.6 Å². The summed E-state index contributed by atoms with van der Waals surface area (Å²) in [6.45, 7) is 0. The van der Waals surface area contributed by atoms with Crippen molar-refractivity contribution < 1.29 is 8.78 Å². The van der Waals surface area contributed by atoms with E-state index in [9.17, 15) is 8.78 Å². The molecule has 4 rings (SSSR count). The van der Waals surface area contributed by atoms with Crippen LogP contribution in [-0.4, -0.2) is 20.6 Å². The SMILES string of the molecule is Nc1cc(Nc2cc(F)cc(F)c2)c2nc(C3CCC(N)CC3)cn2n1. The van der Waals surface area contributed by atoms with Gasteiger partial charge < -0.3 is 16.8 Å². The Balaban J connectivity index is 1.70. The van der Waals surface area contributed by atoms with E-state index in [0.29, 0.717) is 17.3 Å². The summed E-state index contributed by atoms with van der Waals surface area (Å²) in [4.78, 5) is 4.70. The van der Waals surface area contributed by atoms with Crippen LogP contribution >= 0.6 is 0 Å². The fourth-order valence-corrected chi connectivity index (χ4v) is 3.50. The number of nitrogens with zero attached hydrogens (tertiary/aromatic N) is 3. The van der Waals surface area contributed by atoms with Gasteiger partial charge in [-0.05, 0) is 37.8 Å². The number of imidazole rings is 1. The number of aromatic nitrogens is 3. The molecule has 1 aromatic carbocycles. The Morgan fingerprint density at radius 3 is 2.42 bits per heavy atom. The summed E-state index contributed by atoms with van der Waals surface area (Å²) in [6, 6.07) is 5.11. The van der Waals surface area contributed by atoms with E-state index in [1.165, 1.54) is 12.1 Å². The summed E-state index contributed by atoms with van der Waals surface area (Å²) in [5, 5.41) is 7.25. The molecule has 2 heterocycles. The van der Waals surface area contributed by atoms with Crippen LogP contribution in [-0.2, 0) is 0 Å². The van der Waals surface area contributed by atoms with Crippen LogP contribution in [0.1, 0.15) is 37.3 Å². The number of nitrogens with one attached hydrogen (secondary N) is 1. The molecule has 5 N–H and O–H groups in total. The maximum atomic E-state index is 13.5. The lowest BCUT2D eigenvalue weighted by Gasteiger charge is -2.24. The largest absolute Gasteiger partial charge is 0.382 e. The van der Waals surface area contributed by atoms with Gasteiger partial charge in [-0.1, -0.05) is 0 Å². The van der Waals surface area contributed by atoms with Crippen molar-refractivity contribution in [1.29, 1.82) is 0 Å². The van der Waals surface area contributed by atoms with Crippen LogP contribution in [0.3, 0.4) is 0 Å². The maximum Gasteiger partial charge on any atom is 0.177 e. The van der Waals surface area contributed by atoms with Crippen molar-refractivity contribution in [3.05, 3.63) is 47.8 Å². The monoisotopic (exact) mass is 358 g/mol. The standard InChI is InChI=1S/C18H20F2N6/c19-11-5-12(20)7-14(6-11)23-15-8-17(22)25-26-9-16(24-18(15)26)10-1-3-13(21)4-2-10/h5-10,13,23H,1-4,21H2,(H2,22,25). The predicted molar refractivity (Wildman–Crippen MR) is 96.2 cm³/mol. The number of halogens is 2. The Bertz CT molecular complexity index is 926. The lowest BCUT2D eigenvalue weighted by Crippen LogP contribution is -2.25. The van der Waals surface area contributed by atoms with Gasteiger partial charge in [-0.2, -0.15) is 0 Å². The van der Waals surface area contributed by atoms with E-state index >= 15 is 0 Å². The molecular formula is C18H20F2N6. The lowest BCUT2D eigenvalue weighted by atomic mass is 9.85. The zero-order valence-corrected chi connectivity index (χ0v) is 14.1. The Morgan fingerprint density at radius 1 is 1.04 bits per heavy atom. The number of nitrogen functional groups attached to an aromatic ring is 1. The first-order valence-electron chi connectivity index (χ1n) is 8.62. The third-order valence-corrected chi connectivity index (χ3v) is 4.79. The van der Waals surface area contributed by atoms with Crippen LogP contribution in [0.4, 0.5) is 26.0 Å². The molecule has 0 bridgehead atoms. The van der Waals surface area contributed by atoms with Crippen LogP contribution in [0.15, 0.2) is 30.5 Å². The highest BCUT2D eigenvalue weighted by Crippen LogP contribution is 2.33. The molecule has 1 saturated carbocycles. The molecule has 0 amide bonds. The minimum atomic E-state index is -0.659. The first-order chi connectivity index (χ1) is 12.5. The number of nitrogens with two attached hydrogens (primary N) is 2. The molecule has 8 heteroatoms. The van der Waals surface area contributed by atoms with Gasteiger partial charge in [0.2, 0.25) is 0 Å². The fourth-order valence-electron chi connectivity index (χ4n) is 3.50. The molecule has 0 unspecified atom stereocenters. The number of hydrogen-bond donors (Lipinski definition) is 3. The highest BCUT2D eigenvalue weighted by Gasteiger charge is 2.23. The topological polar surface area (TPSA) is 94.3 Å². The molecule has 0 aliphatic heterocycles. The normalized spacial score (nSPS) is 20.4. The molecule has 3 aromatic rings. The third-order valence-electron chi connectivity index (χ3n) is 4.79. The molecule has 26 heavy (non-hydrogen) atoms. The van der Waals surface area contributed by atoms with Gasteiger partial charge in [0.25, 0.3) is 0 Å². The molecule has 0 saturated heterocycles. The zero-order chi connectivity index (χ0) is 18.3. The molecule has 1 fully saturated rings. The molecular weight excluding hydrogens is 338 g/mol. The van der Waals surface area contributed by atoms with Crippen LogP contribution in [0.5, 0.6) is 0 Å². The second kappa shape index (κ2) is 6.53. The van der Waals surface area contributed by atoms with E-state index in [0.717, 1.165) is 37.4 Å². The van der Waals surface area contributed by atoms with Gasteiger partial charge in [0.1, 0.15) is 17.5 Å². The van der Waals surface area contributed by atoms with Crippen molar-refractivity contribution in [2.75, 3.05) is 11.1 Å². The van der Waals surface area contributed by atoms with E-state index in [1.54, 1.807) is 10.6 Å². The number of hydrogen-bond acceptors (Lipinski definition) is 5. The third kappa shape index (κ3) is 3.32. The zero-order valence-electron chi connectivity index (χ0n) is 14.1. The van der Waals surface area contributed by atoms with Gasteiger partial charge in [-0.3, -0.25) is 0 Å². The predicted octanol–water partition coefficient (Wildman–Crippen LogP) is 3.32. The Morgan fingerprint density at radius 2 is 1.73 bits per heavy atom. The van der Waals surface area contributed by atoms with Crippen molar-refractivity contribution in [3.8, 4) is 0 Å². The van der Waals surface area contributed by atoms with Gasteiger partial charge in [0, 0.05) is 29.8 Å². The number of rotatable bonds is 3. The van der Waals surface area contributed by atoms with Crippen LogP contribution in [0.25, 0.3) is 5.65 Å². The quantitative estimate of drug-likeness (QED) is 0.668. The summed E-state index contributed by atoms with van der Waals surface area (Å²) in [5.41, 5.74) is 14.2. The number of anilines is 3. The van der Waals surface area contributed by atoms with Crippen molar-refractivity contribution in [2.24, 2.45) is 5.73 Å². The minimum Gasteiger partial charge on any atom is -0.382 e. The average molecular weight is 358 g/mol. The van der Waals surface area contributed by atoms with E-state index < -0.39 is 11.6 Å². The van der Waals surface area contributed by atoms with Gasteiger partial charge >= 0.3 is 0 Å². The summed E-state index contributed by atoms with van der Waals surface area (Å²) in [6.07, 6.45) is 5.78. The fraction of sp³-hybridized carbons (Fsp3) is 0.333. The number of fused-ring (bicyclic) bond motifs is 1. The molecule has 0 atom stereocenters. The first kappa shape index (κ1) is 16.7. The average Bonchev–Trinajstić information content (AvgIpc) is 2.98. The summed E-state index contributed by atoms with van der Waals surface area (Å²) in [5.74, 6) is -0.704. The van der Waals surface area contributed by atoms with E-state index in [2.05, 4.69) is 10.4 Å². The highest BCUT2D eigenvalue weighted by molar-refractivity contribution is 5.75. The summed E-state index contributed by atoms with van der Waals surface area (Å²) in [7, 11) is 0. The smallest absolute Gasteiger partial charge is 0.177 e. The van der Waals surface area contributed by atoms with E-state index in [4.69, 9.17) is 16.5 Å². The molecule has 0 spiro atoms. The molecule has 2 aromatic heterocycles. The van der Waals surface area contributed by atoms with Crippen molar-refractivity contribution in [3.63, 3.8) is 0 Å². The van der Waals surface area contributed by atoms with E-state index in [1.807, 2.05) is 6.20 Å². The summed E-state index contributed by atoms with van der Waals surface area (Å²) < 4.78 is 28.5. The van der Waals surface area contributed by atoms with Crippen LogP contribution in [0.2, 0.25) is 0 Å². The second-order valence-corrected chi connectivity index (χ2v) is 6.81. The Hall–Kier alpha value is -2.74. The van der Waals surface area contributed by atoms with Gasteiger partial charge in [0.15, 0.2) is 5.65 Å². The van der Waals surface area contributed by atoms with Crippen molar-refractivity contribution in [2.45, 2.75) is 37.6 Å². The van der Waals surface area contributed by atoms with Crippen molar-refractivity contribution >= 4 is 22.8 Å². The first-order valence-corrected chi connectivity index (χ1v) is 8.62. The minimum absolute atomic E-state index is 0.261. The van der Waals surface area contributed by atoms with Gasteiger partial charge in [-0.15, -0.1) is 5.10 Å². The van der Waals surface area contributed by atoms with Crippen LogP contribution < -0.4 is 16.8 Å². The Labute approximate surface area is 149 Å².